The van der Waals surface area contributed by atoms with Crippen LogP contribution in [0, 0.1) is 13.8 Å². The first-order valence-corrected chi connectivity index (χ1v) is 13.5. The van der Waals surface area contributed by atoms with Crippen LogP contribution in [0.5, 0.6) is 5.75 Å². The van der Waals surface area contributed by atoms with Gasteiger partial charge in [0.25, 0.3) is 5.91 Å². The van der Waals surface area contributed by atoms with Gasteiger partial charge in [-0.1, -0.05) is 48.5 Å². The molecule has 196 valence electrons. The number of unbranched alkanes of at least 4 members (excludes halogenated alkanes) is 1. The highest BCUT2D eigenvalue weighted by molar-refractivity contribution is 5.94. The highest BCUT2D eigenvalue weighted by Crippen LogP contribution is 2.24. The van der Waals surface area contributed by atoms with Crippen LogP contribution in [0.4, 0.5) is 5.69 Å². The molecule has 0 spiro atoms. The Morgan fingerprint density at radius 1 is 1.00 bits per heavy atom. The van der Waals surface area contributed by atoms with Gasteiger partial charge in [0.2, 0.25) is 0 Å². The Morgan fingerprint density at radius 3 is 2.63 bits per heavy atom. The Kier molecular flexibility index (Phi) is 8.19. The van der Waals surface area contributed by atoms with Crippen LogP contribution >= 0.6 is 0 Å². The lowest BCUT2D eigenvalue weighted by Crippen LogP contribution is -2.29. The average molecular weight is 509 g/mol. The van der Waals surface area contributed by atoms with Gasteiger partial charge in [-0.05, 0) is 86.2 Å². The van der Waals surface area contributed by atoms with Crippen molar-refractivity contribution in [2.45, 2.75) is 39.7 Å². The van der Waals surface area contributed by atoms with Crippen molar-refractivity contribution in [3.8, 4) is 5.75 Å². The first-order chi connectivity index (χ1) is 18.5. The van der Waals surface area contributed by atoms with Crippen molar-refractivity contribution >= 4 is 28.2 Å². The van der Waals surface area contributed by atoms with Crippen molar-refractivity contribution < 1.29 is 9.53 Å². The normalized spacial score (nSPS) is 13.9. The van der Waals surface area contributed by atoms with Crippen LogP contribution in [0.25, 0.3) is 16.6 Å². The van der Waals surface area contributed by atoms with Gasteiger partial charge in [0.1, 0.15) is 5.75 Å². The van der Waals surface area contributed by atoms with E-state index >= 15 is 0 Å². The third kappa shape index (κ3) is 6.50. The van der Waals surface area contributed by atoms with Crippen molar-refractivity contribution in [1.29, 1.82) is 0 Å². The molecule has 0 saturated carbocycles. The molecule has 1 aliphatic rings. The number of nitrogens with zero attached hydrogens (tertiary/aromatic N) is 3. The predicted octanol–water partition coefficient (Wildman–Crippen LogP) is 6.24. The number of imidazole rings is 1. The number of rotatable bonds is 10. The van der Waals surface area contributed by atoms with Crippen LogP contribution < -0.4 is 10.1 Å². The number of hydrogen-bond donors (Lipinski definition) is 1. The van der Waals surface area contributed by atoms with Crippen LogP contribution in [-0.4, -0.2) is 46.6 Å². The summed E-state index contributed by atoms with van der Waals surface area (Å²) in [4.78, 5) is 19.6. The van der Waals surface area contributed by atoms with E-state index in [1.807, 2.05) is 49.6 Å². The molecule has 6 heteroatoms. The summed E-state index contributed by atoms with van der Waals surface area (Å²) in [5.41, 5.74) is 7.79. The van der Waals surface area contributed by atoms with E-state index in [1.165, 1.54) is 11.1 Å². The molecule has 1 aromatic heterocycles. The van der Waals surface area contributed by atoms with E-state index < -0.39 is 0 Å². The molecule has 0 saturated heterocycles. The third-order valence-electron chi connectivity index (χ3n) is 7.11. The molecule has 0 atom stereocenters. The monoisotopic (exact) mass is 508 g/mol. The first kappa shape index (κ1) is 25.7. The zero-order valence-electron chi connectivity index (χ0n) is 22.3. The number of aromatic nitrogens is 2. The smallest absolute Gasteiger partial charge is 0.262 e. The van der Waals surface area contributed by atoms with Gasteiger partial charge in [-0.15, -0.1) is 0 Å². The summed E-state index contributed by atoms with van der Waals surface area (Å²) in [6.45, 7) is 8.24. The predicted molar refractivity (Wildman–Crippen MR) is 154 cm³/mol. The summed E-state index contributed by atoms with van der Waals surface area (Å²) in [6, 6.07) is 22.4. The zero-order valence-corrected chi connectivity index (χ0v) is 22.3. The molecule has 0 radical (unpaired) electrons. The molecule has 2 heterocycles. The Balaban J connectivity index is 1.10. The first-order valence-electron chi connectivity index (χ1n) is 13.5. The van der Waals surface area contributed by atoms with Crippen LogP contribution in [0.15, 0.2) is 79.1 Å². The maximum atomic E-state index is 12.4. The lowest BCUT2D eigenvalue weighted by Gasteiger charge is -2.26. The number of carbonyl (C=O) groups is 1. The molecule has 0 fully saturated rings. The molecular weight excluding hydrogens is 472 g/mol. The fourth-order valence-electron chi connectivity index (χ4n) is 5.16. The fourth-order valence-corrected chi connectivity index (χ4v) is 5.16. The number of anilines is 1. The minimum Gasteiger partial charge on any atom is -0.484 e. The quantitative estimate of drug-likeness (QED) is 0.258. The molecule has 4 aromatic rings. The third-order valence-corrected chi connectivity index (χ3v) is 7.11. The molecule has 0 unspecified atom stereocenters. The Hall–Kier alpha value is -3.90. The number of nitrogens with one attached hydrogen (secondary N) is 1. The van der Waals surface area contributed by atoms with E-state index in [-0.39, 0.29) is 12.5 Å². The van der Waals surface area contributed by atoms with Gasteiger partial charge in [-0.25, -0.2) is 4.98 Å². The van der Waals surface area contributed by atoms with Crippen molar-refractivity contribution in [3.05, 3.63) is 95.8 Å². The molecule has 38 heavy (non-hydrogen) atoms. The molecule has 1 N–H and O–H groups in total. The van der Waals surface area contributed by atoms with E-state index in [0.29, 0.717) is 5.75 Å². The number of benzene rings is 3. The largest absolute Gasteiger partial charge is 0.484 e. The summed E-state index contributed by atoms with van der Waals surface area (Å²) in [7, 11) is 0. The van der Waals surface area contributed by atoms with Gasteiger partial charge in [0.05, 0.1) is 17.4 Å². The lowest BCUT2D eigenvalue weighted by atomic mass is 9.99. The van der Waals surface area contributed by atoms with Crippen molar-refractivity contribution in [3.63, 3.8) is 0 Å². The van der Waals surface area contributed by atoms with Crippen molar-refractivity contribution in [2.75, 3.05) is 31.6 Å². The number of fused-ring (bicyclic) bond motifs is 1. The topological polar surface area (TPSA) is 59.4 Å². The van der Waals surface area contributed by atoms with E-state index in [4.69, 9.17) is 4.74 Å². The molecule has 3 aromatic carbocycles. The number of ether oxygens (including phenoxy) is 1. The second-order valence-corrected chi connectivity index (χ2v) is 10.1. The molecule has 5 rings (SSSR count). The molecule has 0 bridgehead atoms. The molecule has 1 amide bonds. The van der Waals surface area contributed by atoms with Crippen LogP contribution in [-0.2, 0) is 11.3 Å². The molecular formula is C32H36N4O2. The van der Waals surface area contributed by atoms with Crippen LogP contribution in [0.1, 0.15) is 36.0 Å². The minimum absolute atomic E-state index is 0.0324. The average Bonchev–Trinajstić information content (AvgIpc) is 3.34. The lowest BCUT2D eigenvalue weighted by molar-refractivity contribution is -0.118. The summed E-state index contributed by atoms with van der Waals surface area (Å²) in [6.07, 6.45) is 7.68. The molecule has 1 aliphatic heterocycles. The highest BCUT2D eigenvalue weighted by Gasteiger charge is 2.13. The van der Waals surface area contributed by atoms with Gasteiger partial charge < -0.3 is 14.6 Å². The van der Waals surface area contributed by atoms with E-state index in [1.54, 1.807) is 0 Å². The van der Waals surface area contributed by atoms with Crippen LogP contribution in [0.2, 0.25) is 0 Å². The maximum Gasteiger partial charge on any atom is 0.262 e. The van der Waals surface area contributed by atoms with Crippen LogP contribution in [0.3, 0.4) is 0 Å². The molecule has 0 aliphatic carbocycles. The van der Waals surface area contributed by atoms with Gasteiger partial charge in [0.15, 0.2) is 6.61 Å². The van der Waals surface area contributed by atoms with E-state index in [0.717, 1.165) is 73.3 Å². The number of amides is 1. The number of aryl methyl sites for hydroxylation is 3. The van der Waals surface area contributed by atoms with Gasteiger partial charge >= 0.3 is 0 Å². The van der Waals surface area contributed by atoms with Gasteiger partial charge in [-0.2, -0.15) is 0 Å². The van der Waals surface area contributed by atoms with E-state index in [9.17, 15) is 4.79 Å². The minimum atomic E-state index is -0.187. The SMILES string of the molecule is Cc1cccc(OCC(=O)Nc2cc(C)c3c(c2)ncn3CCCCN2CC=C(c3ccccc3)CC2)c1. The second kappa shape index (κ2) is 12.1. The fraction of sp³-hybridized carbons (Fsp3) is 0.312. The standard InChI is InChI=1S/C32H36N4O2/c1-24-9-8-12-29(19-24)38-22-31(37)34-28-20-25(2)32-30(21-28)33-23-36(32)16-7-6-15-35-17-13-27(14-18-35)26-10-4-3-5-11-26/h3-5,8-13,19-21,23H,6-7,14-18,22H2,1-2H3,(H,34,37). The van der Waals surface area contributed by atoms with Gasteiger partial charge in [-0.3, -0.25) is 9.69 Å². The summed E-state index contributed by atoms with van der Waals surface area (Å²) in [5, 5.41) is 2.95. The highest BCUT2D eigenvalue weighted by atomic mass is 16.5. The summed E-state index contributed by atoms with van der Waals surface area (Å²) < 4.78 is 7.87. The van der Waals surface area contributed by atoms with Crippen molar-refractivity contribution in [2.24, 2.45) is 0 Å². The molecule has 6 nitrogen and oxygen atoms in total. The number of carbonyl (C=O) groups excluding carboxylic acids is 1. The number of hydrogen-bond acceptors (Lipinski definition) is 4. The maximum absolute atomic E-state index is 12.4. The summed E-state index contributed by atoms with van der Waals surface area (Å²) in [5.74, 6) is 0.507. The Bertz CT molecular complexity index is 1420. The Labute approximate surface area is 224 Å². The zero-order chi connectivity index (χ0) is 26.3. The second-order valence-electron chi connectivity index (χ2n) is 10.1. The van der Waals surface area contributed by atoms with E-state index in [2.05, 4.69) is 63.1 Å². The van der Waals surface area contributed by atoms with Gasteiger partial charge in [0, 0.05) is 25.3 Å². The van der Waals surface area contributed by atoms with Crippen molar-refractivity contribution in [1.82, 2.24) is 14.5 Å². The summed E-state index contributed by atoms with van der Waals surface area (Å²) >= 11 is 0. The Morgan fingerprint density at radius 2 is 1.84 bits per heavy atom.